The van der Waals surface area contributed by atoms with Gasteiger partial charge in [0.05, 0.1) is 6.54 Å². The molecule has 1 aromatic rings. The Morgan fingerprint density at radius 1 is 1.00 bits per heavy atom. The molecule has 0 fully saturated rings. The Morgan fingerprint density at radius 2 is 1.53 bits per heavy atom. The van der Waals surface area contributed by atoms with E-state index in [4.69, 9.17) is 0 Å². The topological polar surface area (TPSA) is 24.4 Å². The summed E-state index contributed by atoms with van der Waals surface area (Å²) in [5, 5.41) is 4.52. The van der Waals surface area contributed by atoms with Crippen LogP contribution in [0.4, 0.5) is 0 Å². The van der Waals surface area contributed by atoms with E-state index in [1.165, 1.54) is 33.4 Å². The van der Waals surface area contributed by atoms with E-state index < -0.39 is 0 Å². The van der Waals surface area contributed by atoms with Crippen LogP contribution in [0.25, 0.3) is 0 Å². The Hall–Kier alpha value is -0.960. The zero-order valence-corrected chi connectivity index (χ0v) is 13.7. The third-order valence-corrected chi connectivity index (χ3v) is 5.34. The van der Waals surface area contributed by atoms with Gasteiger partial charge >= 0.3 is 0 Å². The number of thioether (sulfide) groups is 1. The molecule has 3 heteroatoms. The van der Waals surface area contributed by atoms with Gasteiger partial charge in [-0.05, 0) is 74.9 Å². The lowest BCUT2D eigenvalue weighted by molar-refractivity contribution is 0.728. The van der Waals surface area contributed by atoms with E-state index in [0.717, 1.165) is 17.5 Å². The van der Waals surface area contributed by atoms with Crippen molar-refractivity contribution in [3.05, 3.63) is 33.4 Å². The van der Waals surface area contributed by atoms with Gasteiger partial charge in [0.25, 0.3) is 0 Å². The largest absolute Gasteiger partial charge is 0.361 e. The number of hydrogen-bond donors (Lipinski definition) is 1. The molecule has 0 saturated carbocycles. The van der Waals surface area contributed by atoms with Gasteiger partial charge in [-0.1, -0.05) is 11.8 Å². The first kappa shape index (κ1) is 14.4. The Morgan fingerprint density at radius 3 is 2.00 bits per heavy atom. The summed E-state index contributed by atoms with van der Waals surface area (Å²) in [6, 6.07) is 0.492. The van der Waals surface area contributed by atoms with Crippen LogP contribution >= 0.6 is 11.8 Å². The molecule has 0 amide bonds. The van der Waals surface area contributed by atoms with Crippen molar-refractivity contribution in [2.75, 3.05) is 6.54 Å². The third kappa shape index (κ3) is 2.81. The van der Waals surface area contributed by atoms with Crippen molar-refractivity contribution >= 4 is 16.9 Å². The number of nitrogens with one attached hydrogen (secondary N) is 1. The summed E-state index contributed by atoms with van der Waals surface area (Å²) in [6.45, 7) is 14.3. The van der Waals surface area contributed by atoms with Crippen molar-refractivity contribution in [3.63, 3.8) is 0 Å². The molecule has 0 aliphatic carbocycles. The second-order valence-corrected chi connectivity index (χ2v) is 6.55. The molecule has 0 radical (unpaired) electrons. The van der Waals surface area contributed by atoms with Crippen LogP contribution in [0.3, 0.4) is 0 Å². The van der Waals surface area contributed by atoms with Crippen molar-refractivity contribution < 1.29 is 0 Å². The van der Waals surface area contributed by atoms with Crippen LogP contribution in [0.2, 0.25) is 0 Å². The number of hydrogen-bond acceptors (Lipinski definition) is 3. The van der Waals surface area contributed by atoms with Gasteiger partial charge in [0.15, 0.2) is 5.17 Å². The maximum absolute atomic E-state index is 4.52. The molecule has 0 aromatic heterocycles. The summed E-state index contributed by atoms with van der Waals surface area (Å²) >= 11 is 1.83. The quantitative estimate of drug-likeness (QED) is 0.888. The molecule has 0 bridgehead atoms. The van der Waals surface area contributed by atoms with Crippen LogP contribution in [-0.2, 0) is 5.75 Å². The van der Waals surface area contributed by atoms with Gasteiger partial charge in [0.2, 0.25) is 0 Å². The average Bonchev–Trinajstić information content (AvgIpc) is 2.80. The predicted octanol–water partition coefficient (Wildman–Crippen LogP) is 3.81. The molecule has 1 heterocycles. The minimum Gasteiger partial charge on any atom is -0.361 e. The monoisotopic (exact) mass is 276 g/mol. The molecule has 2 rings (SSSR count). The van der Waals surface area contributed by atoms with Gasteiger partial charge < -0.3 is 5.32 Å². The summed E-state index contributed by atoms with van der Waals surface area (Å²) in [7, 11) is 0. The van der Waals surface area contributed by atoms with Crippen molar-refractivity contribution in [1.29, 1.82) is 0 Å². The Labute approximate surface area is 121 Å². The number of aliphatic imine (C=N–C) groups is 1. The fourth-order valence-corrected chi connectivity index (χ4v) is 3.71. The Bertz CT molecular complexity index is 503. The van der Waals surface area contributed by atoms with Crippen molar-refractivity contribution in [2.24, 2.45) is 4.99 Å². The highest BCUT2D eigenvalue weighted by Crippen LogP contribution is 2.29. The molecule has 1 aliphatic rings. The van der Waals surface area contributed by atoms with Crippen molar-refractivity contribution in [2.45, 2.75) is 53.3 Å². The normalized spacial score (nSPS) is 18.4. The fraction of sp³-hybridized carbons (Fsp3) is 0.562. The molecule has 0 unspecified atom stereocenters. The zero-order valence-electron chi connectivity index (χ0n) is 12.8. The SMILES string of the molecule is Cc1c(C)c(C)c(CSC2=NC[C@H](C)N2)c(C)c1C. The minimum atomic E-state index is 0.492. The Kier molecular flexibility index (Phi) is 4.24. The lowest BCUT2D eigenvalue weighted by atomic mass is 9.90. The summed E-state index contributed by atoms with van der Waals surface area (Å²) in [6.07, 6.45) is 0. The van der Waals surface area contributed by atoms with Crippen LogP contribution < -0.4 is 5.32 Å². The Balaban J connectivity index is 2.21. The molecular weight excluding hydrogens is 252 g/mol. The standard InChI is InChI=1S/C16H24N2S/c1-9-7-17-16(18-9)19-8-15-13(5)11(3)10(2)12(4)14(15)6/h9H,7-8H2,1-6H3,(H,17,18)/t9-/m0/s1. The molecule has 0 spiro atoms. The molecule has 19 heavy (non-hydrogen) atoms. The minimum absolute atomic E-state index is 0.492. The molecule has 0 saturated heterocycles. The smallest absolute Gasteiger partial charge is 0.157 e. The predicted molar refractivity (Wildman–Crippen MR) is 86.3 cm³/mol. The second kappa shape index (κ2) is 5.58. The number of benzene rings is 1. The van der Waals surface area contributed by atoms with Crippen molar-refractivity contribution in [1.82, 2.24) is 5.32 Å². The van der Waals surface area contributed by atoms with Crippen LogP contribution in [0.5, 0.6) is 0 Å². The number of nitrogens with zero attached hydrogens (tertiary/aromatic N) is 1. The highest BCUT2D eigenvalue weighted by molar-refractivity contribution is 8.13. The van der Waals surface area contributed by atoms with Gasteiger partial charge in [-0.25, -0.2) is 0 Å². The zero-order chi connectivity index (χ0) is 14.2. The van der Waals surface area contributed by atoms with E-state index in [-0.39, 0.29) is 0 Å². The average molecular weight is 276 g/mol. The first-order valence-corrected chi connectivity index (χ1v) is 7.90. The van der Waals surface area contributed by atoms with E-state index in [9.17, 15) is 0 Å². The van der Waals surface area contributed by atoms with Gasteiger partial charge in [0.1, 0.15) is 0 Å². The van der Waals surface area contributed by atoms with E-state index in [0.29, 0.717) is 6.04 Å². The fourth-order valence-electron chi connectivity index (χ4n) is 2.54. The first-order chi connectivity index (χ1) is 8.91. The molecule has 1 N–H and O–H groups in total. The first-order valence-electron chi connectivity index (χ1n) is 6.91. The maximum atomic E-state index is 4.52. The summed E-state index contributed by atoms with van der Waals surface area (Å²) < 4.78 is 0. The molecule has 104 valence electrons. The second-order valence-electron chi connectivity index (χ2n) is 5.58. The van der Waals surface area contributed by atoms with Crippen molar-refractivity contribution in [3.8, 4) is 0 Å². The highest BCUT2D eigenvalue weighted by atomic mass is 32.2. The highest BCUT2D eigenvalue weighted by Gasteiger charge is 2.16. The van der Waals surface area contributed by atoms with Gasteiger partial charge in [-0.3, -0.25) is 4.99 Å². The van der Waals surface area contributed by atoms with Crippen LogP contribution in [0.1, 0.15) is 40.3 Å². The van der Waals surface area contributed by atoms with Gasteiger partial charge in [0, 0.05) is 11.8 Å². The van der Waals surface area contributed by atoms with E-state index >= 15 is 0 Å². The van der Waals surface area contributed by atoms with Crippen LogP contribution in [0.15, 0.2) is 4.99 Å². The molecule has 1 aromatic carbocycles. The molecule has 1 aliphatic heterocycles. The molecule has 2 nitrogen and oxygen atoms in total. The van der Waals surface area contributed by atoms with Gasteiger partial charge in [-0.15, -0.1) is 0 Å². The van der Waals surface area contributed by atoms with Crippen LogP contribution in [-0.4, -0.2) is 17.8 Å². The van der Waals surface area contributed by atoms with E-state index in [1.807, 2.05) is 11.8 Å². The maximum Gasteiger partial charge on any atom is 0.157 e. The lowest BCUT2D eigenvalue weighted by Gasteiger charge is -2.18. The third-order valence-electron chi connectivity index (χ3n) is 4.39. The summed E-state index contributed by atoms with van der Waals surface area (Å²) in [4.78, 5) is 4.52. The summed E-state index contributed by atoms with van der Waals surface area (Å²) in [5.74, 6) is 1.01. The van der Waals surface area contributed by atoms with Gasteiger partial charge in [-0.2, -0.15) is 0 Å². The molecule has 1 atom stereocenters. The van der Waals surface area contributed by atoms with E-state index in [2.05, 4.69) is 51.9 Å². The number of amidine groups is 1. The lowest BCUT2D eigenvalue weighted by Crippen LogP contribution is -2.25. The number of rotatable bonds is 2. The van der Waals surface area contributed by atoms with E-state index in [1.54, 1.807) is 0 Å². The molecular formula is C16H24N2S. The van der Waals surface area contributed by atoms with Crippen LogP contribution in [0, 0.1) is 34.6 Å². The summed E-state index contributed by atoms with van der Waals surface area (Å²) in [5.41, 5.74) is 8.68.